The van der Waals surface area contributed by atoms with Gasteiger partial charge in [-0.15, -0.1) is 0 Å². The fourth-order valence-electron chi connectivity index (χ4n) is 1.69. The Hall–Kier alpha value is -1.66. The summed E-state index contributed by atoms with van der Waals surface area (Å²) in [4.78, 5) is 5.27. The van der Waals surface area contributed by atoms with Gasteiger partial charge in [-0.25, -0.2) is 0 Å². The molecule has 0 spiro atoms. The molecule has 0 atom stereocenters. The van der Waals surface area contributed by atoms with Crippen LogP contribution in [0.1, 0.15) is 26.7 Å². The fraction of sp³-hybridized carbons (Fsp3) is 0.615. The average Bonchev–Trinajstić information content (AvgIpc) is 2.36. The zero-order valence-corrected chi connectivity index (χ0v) is 11.7. The molecule has 0 unspecified atom stereocenters. The fourth-order valence-corrected chi connectivity index (χ4v) is 1.69. The number of aromatic nitrogens is 1. The highest BCUT2D eigenvalue weighted by molar-refractivity contribution is 5.54. The molecular formula is C13H20F3N3O. The second-order valence-electron chi connectivity index (χ2n) is 4.45. The summed E-state index contributed by atoms with van der Waals surface area (Å²) in [6, 6.07) is 3.00. The van der Waals surface area contributed by atoms with Crippen LogP contribution in [0.3, 0.4) is 0 Å². The van der Waals surface area contributed by atoms with Gasteiger partial charge in [-0.1, -0.05) is 13.8 Å². The molecule has 20 heavy (non-hydrogen) atoms. The third-order valence-electron chi connectivity index (χ3n) is 2.51. The summed E-state index contributed by atoms with van der Waals surface area (Å²) >= 11 is 0. The maximum atomic E-state index is 12.6. The maximum Gasteiger partial charge on any atom is 0.405 e. The van der Waals surface area contributed by atoms with Gasteiger partial charge in [-0.3, -0.25) is 0 Å². The van der Waals surface area contributed by atoms with Crippen LogP contribution in [-0.4, -0.2) is 30.9 Å². The number of halogens is 3. The van der Waals surface area contributed by atoms with Gasteiger partial charge in [-0.05, 0) is 25.0 Å². The summed E-state index contributed by atoms with van der Waals surface area (Å²) in [6.07, 6.45) is -2.91. The molecule has 2 N–H and O–H groups in total. The average molecular weight is 291 g/mol. The highest BCUT2D eigenvalue weighted by Gasteiger charge is 2.31. The highest BCUT2D eigenvalue weighted by atomic mass is 19.4. The summed E-state index contributed by atoms with van der Waals surface area (Å²) in [5, 5.41) is 0. The van der Waals surface area contributed by atoms with E-state index in [9.17, 15) is 13.2 Å². The minimum absolute atomic E-state index is 0.188. The molecule has 0 amide bonds. The third-order valence-corrected chi connectivity index (χ3v) is 2.51. The van der Waals surface area contributed by atoms with Gasteiger partial charge in [0.15, 0.2) is 0 Å². The maximum absolute atomic E-state index is 12.6. The van der Waals surface area contributed by atoms with Crippen LogP contribution in [0.25, 0.3) is 0 Å². The van der Waals surface area contributed by atoms with Crippen LogP contribution in [0, 0.1) is 0 Å². The minimum atomic E-state index is -4.28. The summed E-state index contributed by atoms with van der Waals surface area (Å²) < 4.78 is 43.1. The van der Waals surface area contributed by atoms with Crippen molar-refractivity contribution < 1.29 is 17.9 Å². The molecule has 0 fully saturated rings. The molecule has 0 saturated heterocycles. The van der Waals surface area contributed by atoms with Gasteiger partial charge in [0.2, 0.25) is 5.88 Å². The number of nitrogens with two attached hydrogens (primary N) is 1. The molecule has 0 aliphatic heterocycles. The molecule has 0 saturated carbocycles. The van der Waals surface area contributed by atoms with Crippen LogP contribution in [-0.2, 0) is 0 Å². The number of ether oxygens (including phenoxy) is 1. The number of rotatable bonds is 7. The summed E-state index contributed by atoms with van der Waals surface area (Å²) in [5.41, 5.74) is 6.03. The van der Waals surface area contributed by atoms with Crippen molar-refractivity contribution >= 4 is 11.5 Å². The Kier molecular flexibility index (Phi) is 5.91. The van der Waals surface area contributed by atoms with Crippen molar-refractivity contribution in [2.75, 3.05) is 30.3 Å². The molecule has 1 aromatic rings. The number of nitrogen functional groups attached to an aromatic ring is 1. The number of hydrogen-bond donors (Lipinski definition) is 1. The van der Waals surface area contributed by atoms with E-state index in [0.29, 0.717) is 18.7 Å². The smallest absolute Gasteiger partial charge is 0.405 e. The third kappa shape index (κ3) is 5.14. The topological polar surface area (TPSA) is 51.4 Å². The van der Waals surface area contributed by atoms with E-state index in [1.54, 1.807) is 0 Å². The SMILES string of the molecule is CCCOc1nc(N(CCC)CC(F)(F)F)ccc1N. The van der Waals surface area contributed by atoms with Crippen molar-refractivity contribution in [3.8, 4) is 5.88 Å². The van der Waals surface area contributed by atoms with Crippen molar-refractivity contribution in [2.24, 2.45) is 0 Å². The van der Waals surface area contributed by atoms with E-state index >= 15 is 0 Å². The lowest BCUT2D eigenvalue weighted by molar-refractivity contribution is -0.119. The number of hydrogen-bond acceptors (Lipinski definition) is 4. The first-order valence-electron chi connectivity index (χ1n) is 6.58. The summed E-state index contributed by atoms with van der Waals surface area (Å²) in [5.74, 6) is 0.414. The van der Waals surface area contributed by atoms with Crippen LogP contribution >= 0.6 is 0 Å². The number of anilines is 2. The van der Waals surface area contributed by atoms with Gasteiger partial charge in [-0.2, -0.15) is 18.2 Å². The number of alkyl halides is 3. The van der Waals surface area contributed by atoms with Gasteiger partial charge in [0, 0.05) is 6.54 Å². The molecule has 0 aliphatic rings. The molecule has 0 aromatic carbocycles. The van der Waals surface area contributed by atoms with E-state index in [0.717, 1.165) is 6.42 Å². The second-order valence-corrected chi connectivity index (χ2v) is 4.45. The predicted molar refractivity (Wildman–Crippen MR) is 73.0 cm³/mol. The zero-order chi connectivity index (χ0) is 15.2. The largest absolute Gasteiger partial charge is 0.476 e. The molecule has 4 nitrogen and oxygen atoms in total. The zero-order valence-electron chi connectivity index (χ0n) is 11.7. The van der Waals surface area contributed by atoms with Crippen molar-refractivity contribution in [3.05, 3.63) is 12.1 Å². The Morgan fingerprint density at radius 2 is 1.95 bits per heavy atom. The molecule has 7 heteroatoms. The molecule has 0 aliphatic carbocycles. The molecule has 0 bridgehead atoms. The van der Waals surface area contributed by atoms with E-state index in [1.807, 2.05) is 13.8 Å². The predicted octanol–water partition coefficient (Wildman–Crippen LogP) is 3.23. The number of pyridine rings is 1. The van der Waals surface area contributed by atoms with E-state index in [1.165, 1.54) is 17.0 Å². The van der Waals surface area contributed by atoms with Gasteiger partial charge >= 0.3 is 6.18 Å². The van der Waals surface area contributed by atoms with Crippen molar-refractivity contribution in [3.63, 3.8) is 0 Å². The van der Waals surface area contributed by atoms with Crippen LogP contribution < -0.4 is 15.4 Å². The number of nitrogens with zero attached hydrogens (tertiary/aromatic N) is 2. The second kappa shape index (κ2) is 7.21. The van der Waals surface area contributed by atoms with Gasteiger partial charge in [0.25, 0.3) is 0 Å². The Morgan fingerprint density at radius 3 is 2.50 bits per heavy atom. The standard InChI is InChI=1S/C13H20F3N3O/c1-3-7-19(9-13(14,15)16)11-6-5-10(17)12(18-11)20-8-4-2/h5-6H,3-4,7-9,17H2,1-2H3. The van der Waals surface area contributed by atoms with Crippen LogP contribution in [0.4, 0.5) is 24.7 Å². The van der Waals surface area contributed by atoms with Gasteiger partial charge < -0.3 is 15.4 Å². The van der Waals surface area contributed by atoms with Crippen LogP contribution in [0.5, 0.6) is 5.88 Å². The van der Waals surface area contributed by atoms with E-state index in [2.05, 4.69) is 4.98 Å². The molecule has 0 radical (unpaired) electrons. The van der Waals surface area contributed by atoms with Crippen molar-refractivity contribution in [2.45, 2.75) is 32.9 Å². The highest BCUT2D eigenvalue weighted by Crippen LogP contribution is 2.26. The van der Waals surface area contributed by atoms with Crippen LogP contribution in [0.2, 0.25) is 0 Å². The van der Waals surface area contributed by atoms with Crippen LogP contribution in [0.15, 0.2) is 12.1 Å². The molecular weight excluding hydrogens is 271 g/mol. The first-order chi connectivity index (χ1) is 9.37. The molecule has 1 rings (SSSR count). The monoisotopic (exact) mass is 291 g/mol. The minimum Gasteiger partial charge on any atom is -0.476 e. The van der Waals surface area contributed by atoms with Gasteiger partial charge in [0.1, 0.15) is 12.4 Å². The lowest BCUT2D eigenvalue weighted by Crippen LogP contribution is -2.35. The summed E-state index contributed by atoms with van der Waals surface area (Å²) in [7, 11) is 0. The quantitative estimate of drug-likeness (QED) is 0.838. The van der Waals surface area contributed by atoms with E-state index in [4.69, 9.17) is 10.5 Å². The van der Waals surface area contributed by atoms with Crippen molar-refractivity contribution in [1.82, 2.24) is 4.98 Å². The van der Waals surface area contributed by atoms with E-state index in [-0.39, 0.29) is 18.2 Å². The Morgan fingerprint density at radius 1 is 1.25 bits per heavy atom. The molecule has 114 valence electrons. The summed E-state index contributed by atoms with van der Waals surface area (Å²) in [6.45, 7) is 3.39. The first kappa shape index (κ1) is 16.4. The van der Waals surface area contributed by atoms with Gasteiger partial charge in [0.05, 0.1) is 12.3 Å². The lowest BCUT2D eigenvalue weighted by atomic mass is 10.3. The normalized spacial score (nSPS) is 11.4. The Balaban J connectivity index is 2.95. The molecule has 1 heterocycles. The Bertz CT molecular complexity index is 424. The molecule has 1 aromatic heterocycles. The van der Waals surface area contributed by atoms with Crippen molar-refractivity contribution in [1.29, 1.82) is 0 Å². The first-order valence-corrected chi connectivity index (χ1v) is 6.58. The Labute approximate surface area is 116 Å². The lowest BCUT2D eigenvalue weighted by Gasteiger charge is -2.25. The van der Waals surface area contributed by atoms with E-state index < -0.39 is 12.7 Å².